The van der Waals surface area contributed by atoms with Crippen molar-refractivity contribution in [3.8, 4) is 0 Å². The SMILES string of the molecule is CCc1sc(C2=NC(=Cc3ccco3)C(=O)O2)cc1C. The monoisotopic (exact) mass is 287 g/mol. The average Bonchev–Trinajstić information content (AvgIpc) is 3.12. The summed E-state index contributed by atoms with van der Waals surface area (Å²) in [7, 11) is 0. The molecule has 4 nitrogen and oxygen atoms in total. The Kier molecular flexibility index (Phi) is 3.28. The van der Waals surface area contributed by atoms with Crippen LogP contribution in [0.5, 0.6) is 0 Å². The Morgan fingerprint density at radius 2 is 2.30 bits per heavy atom. The van der Waals surface area contributed by atoms with Gasteiger partial charge in [-0.15, -0.1) is 11.3 Å². The van der Waals surface area contributed by atoms with Gasteiger partial charge in [-0.1, -0.05) is 6.92 Å². The van der Waals surface area contributed by atoms with Crippen LogP contribution < -0.4 is 0 Å². The van der Waals surface area contributed by atoms with E-state index in [9.17, 15) is 4.79 Å². The van der Waals surface area contributed by atoms with Gasteiger partial charge in [-0.05, 0) is 37.1 Å². The fourth-order valence-corrected chi connectivity index (χ4v) is 3.04. The molecule has 3 rings (SSSR count). The predicted molar refractivity (Wildman–Crippen MR) is 77.7 cm³/mol. The third-order valence-electron chi connectivity index (χ3n) is 3.00. The molecule has 20 heavy (non-hydrogen) atoms. The number of furan rings is 1. The summed E-state index contributed by atoms with van der Waals surface area (Å²) in [6.45, 7) is 4.16. The largest absolute Gasteiger partial charge is 0.465 e. The highest BCUT2D eigenvalue weighted by Crippen LogP contribution is 2.27. The molecule has 0 spiro atoms. The smallest absolute Gasteiger partial charge is 0.363 e. The molecule has 0 aromatic carbocycles. The van der Waals surface area contributed by atoms with Crippen molar-refractivity contribution in [2.24, 2.45) is 4.99 Å². The van der Waals surface area contributed by atoms with E-state index in [4.69, 9.17) is 9.15 Å². The minimum atomic E-state index is -0.444. The zero-order chi connectivity index (χ0) is 14.1. The van der Waals surface area contributed by atoms with Crippen molar-refractivity contribution >= 4 is 29.3 Å². The number of cyclic esters (lactones) is 1. The highest BCUT2D eigenvalue weighted by Gasteiger charge is 2.26. The van der Waals surface area contributed by atoms with Crippen LogP contribution in [0.15, 0.2) is 39.6 Å². The third-order valence-corrected chi connectivity index (χ3v) is 4.36. The Morgan fingerprint density at radius 1 is 1.45 bits per heavy atom. The maximum Gasteiger partial charge on any atom is 0.363 e. The summed E-state index contributed by atoms with van der Waals surface area (Å²) in [4.78, 5) is 18.2. The van der Waals surface area contributed by atoms with Gasteiger partial charge in [-0.2, -0.15) is 0 Å². The average molecular weight is 287 g/mol. The van der Waals surface area contributed by atoms with Crippen LogP contribution in [-0.4, -0.2) is 11.9 Å². The number of esters is 1. The Balaban J connectivity index is 1.93. The quantitative estimate of drug-likeness (QED) is 0.640. The van der Waals surface area contributed by atoms with E-state index in [0.29, 0.717) is 11.7 Å². The lowest BCUT2D eigenvalue weighted by Gasteiger charge is -1.93. The second-order valence-corrected chi connectivity index (χ2v) is 5.56. The Labute approximate surface area is 120 Å². The molecule has 2 aromatic rings. The number of aryl methyl sites for hydroxylation is 2. The summed E-state index contributed by atoms with van der Waals surface area (Å²) in [6, 6.07) is 5.52. The van der Waals surface area contributed by atoms with E-state index in [2.05, 4.69) is 18.8 Å². The Hall–Kier alpha value is -2.14. The first kappa shape index (κ1) is 12.9. The van der Waals surface area contributed by atoms with Gasteiger partial charge in [-0.3, -0.25) is 0 Å². The van der Waals surface area contributed by atoms with E-state index >= 15 is 0 Å². The molecule has 0 saturated heterocycles. The molecule has 0 N–H and O–H groups in total. The molecule has 102 valence electrons. The summed E-state index contributed by atoms with van der Waals surface area (Å²) >= 11 is 1.61. The maximum atomic E-state index is 11.8. The number of rotatable bonds is 3. The molecular formula is C15H13NO3S. The lowest BCUT2D eigenvalue weighted by molar-refractivity contribution is -0.129. The number of thiophene rings is 1. The molecule has 3 heterocycles. The summed E-state index contributed by atoms with van der Waals surface area (Å²) in [5.74, 6) is 0.514. The van der Waals surface area contributed by atoms with Crippen LogP contribution >= 0.6 is 11.3 Å². The first-order valence-electron chi connectivity index (χ1n) is 6.33. The van der Waals surface area contributed by atoms with E-state index in [-0.39, 0.29) is 5.70 Å². The van der Waals surface area contributed by atoms with Crippen molar-refractivity contribution in [3.63, 3.8) is 0 Å². The predicted octanol–water partition coefficient (Wildman–Crippen LogP) is 3.56. The van der Waals surface area contributed by atoms with Gasteiger partial charge in [0.1, 0.15) is 5.76 Å². The van der Waals surface area contributed by atoms with E-state index in [1.165, 1.54) is 10.4 Å². The molecular weight excluding hydrogens is 274 g/mol. The molecule has 0 fully saturated rings. The van der Waals surface area contributed by atoms with Gasteiger partial charge in [0.25, 0.3) is 0 Å². The number of ether oxygens (including phenoxy) is 1. The molecule has 0 saturated carbocycles. The highest BCUT2D eigenvalue weighted by atomic mass is 32.1. The molecule has 0 unspecified atom stereocenters. The van der Waals surface area contributed by atoms with Gasteiger partial charge in [0.15, 0.2) is 5.70 Å². The zero-order valence-corrected chi connectivity index (χ0v) is 12.0. The van der Waals surface area contributed by atoms with Crippen LogP contribution in [0.1, 0.15) is 28.0 Å². The van der Waals surface area contributed by atoms with Gasteiger partial charge in [-0.25, -0.2) is 9.79 Å². The highest BCUT2D eigenvalue weighted by molar-refractivity contribution is 7.14. The molecule has 0 aliphatic carbocycles. The second kappa shape index (κ2) is 5.09. The van der Waals surface area contributed by atoms with Gasteiger partial charge >= 0.3 is 5.97 Å². The fraction of sp³-hybridized carbons (Fsp3) is 0.200. The maximum absolute atomic E-state index is 11.8. The van der Waals surface area contributed by atoms with Crippen LogP contribution in [0.25, 0.3) is 6.08 Å². The van der Waals surface area contributed by atoms with Crippen molar-refractivity contribution in [1.29, 1.82) is 0 Å². The van der Waals surface area contributed by atoms with Crippen LogP contribution in [-0.2, 0) is 16.0 Å². The number of hydrogen-bond acceptors (Lipinski definition) is 5. The fourth-order valence-electron chi connectivity index (χ4n) is 2.00. The number of carbonyl (C=O) groups is 1. The van der Waals surface area contributed by atoms with Crippen molar-refractivity contribution in [1.82, 2.24) is 0 Å². The molecule has 1 aliphatic heterocycles. The van der Waals surface area contributed by atoms with E-state index in [1.54, 1.807) is 35.8 Å². The first-order valence-corrected chi connectivity index (χ1v) is 7.14. The number of nitrogens with zero attached hydrogens (tertiary/aromatic N) is 1. The van der Waals surface area contributed by atoms with Crippen LogP contribution in [0.3, 0.4) is 0 Å². The van der Waals surface area contributed by atoms with Crippen molar-refractivity contribution in [2.75, 3.05) is 0 Å². The molecule has 0 amide bonds. The molecule has 0 bridgehead atoms. The minimum absolute atomic E-state index is 0.263. The topological polar surface area (TPSA) is 51.8 Å². The lowest BCUT2D eigenvalue weighted by atomic mass is 10.2. The number of carbonyl (C=O) groups excluding carboxylic acids is 1. The van der Waals surface area contributed by atoms with Gasteiger partial charge < -0.3 is 9.15 Å². The standard InChI is InChI=1S/C15H13NO3S/c1-3-12-9(2)7-13(20-12)14-16-11(15(17)19-14)8-10-5-4-6-18-10/h4-8H,3H2,1-2H3. The second-order valence-electron chi connectivity index (χ2n) is 4.42. The van der Waals surface area contributed by atoms with Crippen molar-refractivity contribution < 1.29 is 13.9 Å². The molecule has 0 atom stereocenters. The summed E-state index contributed by atoms with van der Waals surface area (Å²) in [5, 5.41) is 0. The van der Waals surface area contributed by atoms with E-state index in [0.717, 1.165) is 11.3 Å². The normalized spacial score (nSPS) is 16.6. The Morgan fingerprint density at radius 3 is 2.95 bits per heavy atom. The molecule has 5 heteroatoms. The molecule has 1 aliphatic rings. The lowest BCUT2D eigenvalue weighted by Crippen LogP contribution is -2.03. The van der Waals surface area contributed by atoms with Crippen molar-refractivity contribution in [3.05, 3.63) is 51.2 Å². The Bertz CT molecular complexity index is 708. The number of hydrogen-bond donors (Lipinski definition) is 0. The molecule has 2 aromatic heterocycles. The molecule has 0 radical (unpaired) electrons. The van der Waals surface area contributed by atoms with Gasteiger partial charge in [0.05, 0.1) is 11.1 Å². The summed E-state index contributed by atoms with van der Waals surface area (Å²) < 4.78 is 10.4. The third kappa shape index (κ3) is 2.32. The van der Waals surface area contributed by atoms with Crippen LogP contribution in [0.2, 0.25) is 0 Å². The minimum Gasteiger partial charge on any atom is -0.465 e. The van der Waals surface area contributed by atoms with E-state index in [1.807, 2.05) is 6.07 Å². The van der Waals surface area contributed by atoms with Crippen LogP contribution in [0.4, 0.5) is 0 Å². The van der Waals surface area contributed by atoms with Crippen molar-refractivity contribution in [2.45, 2.75) is 20.3 Å². The van der Waals surface area contributed by atoms with E-state index < -0.39 is 5.97 Å². The number of aliphatic imine (C=N–C) groups is 1. The zero-order valence-electron chi connectivity index (χ0n) is 11.2. The summed E-state index contributed by atoms with van der Waals surface area (Å²) in [6.07, 6.45) is 4.09. The van der Waals surface area contributed by atoms with Crippen LogP contribution in [0, 0.1) is 6.92 Å². The van der Waals surface area contributed by atoms with Gasteiger partial charge in [0.2, 0.25) is 5.90 Å². The van der Waals surface area contributed by atoms with Gasteiger partial charge in [0, 0.05) is 11.0 Å². The summed E-state index contributed by atoms with van der Waals surface area (Å²) in [5.41, 5.74) is 1.47. The first-order chi connectivity index (χ1) is 9.67.